The molecule has 8 heteroatoms. The van der Waals surface area contributed by atoms with Crippen LogP contribution in [-0.2, 0) is 9.53 Å². The fourth-order valence-corrected chi connectivity index (χ4v) is 3.39. The Morgan fingerprint density at radius 1 is 1.18 bits per heavy atom. The van der Waals surface area contributed by atoms with Crippen molar-refractivity contribution in [1.82, 2.24) is 10.2 Å². The number of carbonyl (C=O) groups excluding carboxylic acids is 1. The molecule has 0 unspecified atom stereocenters. The Balaban J connectivity index is 3.38. The number of ether oxygens (including phenoxy) is 2. The molecule has 0 radical (unpaired) electrons. The predicted molar refractivity (Wildman–Crippen MR) is 138 cm³/mol. The van der Waals surface area contributed by atoms with Crippen molar-refractivity contribution in [3.63, 3.8) is 0 Å². The highest BCUT2D eigenvalue weighted by atomic mass is 32.1. The number of halogens is 1. The van der Waals surface area contributed by atoms with Crippen LogP contribution in [0.15, 0.2) is 71.3 Å². The first-order chi connectivity index (χ1) is 16.3. The van der Waals surface area contributed by atoms with Crippen LogP contribution in [0.3, 0.4) is 0 Å². The van der Waals surface area contributed by atoms with E-state index in [0.29, 0.717) is 24.1 Å². The van der Waals surface area contributed by atoms with E-state index in [9.17, 15) is 4.79 Å². The molecule has 0 saturated carbocycles. The largest absolute Gasteiger partial charge is 0.494 e. The van der Waals surface area contributed by atoms with Gasteiger partial charge in [-0.15, -0.1) is 5.10 Å². The van der Waals surface area contributed by atoms with E-state index in [-0.39, 0.29) is 22.0 Å². The number of rotatable bonds is 14. The number of methoxy groups -OCH3 is 1. The lowest BCUT2D eigenvalue weighted by Gasteiger charge is -2.11. The van der Waals surface area contributed by atoms with Crippen molar-refractivity contribution in [2.45, 2.75) is 53.9 Å². The number of amides is 1. The summed E-state index contributed by atoms with van der Waals surface area (Å²) in [5, 5.41) is 11.4. The van der Waals surface area contributed by atoms with Gasteiger partial charge in [0.15, 0.2) is 11.6 Å². The van der Waals surface area contributed by atoms with Crippen LogP contribution in [0.25, 0.3) is 0 Å². The summed E-state index contributed by atoms with van der Waals surface area (Å²) in [5.41, 5.74) is 1.05. The number of nitrogens with zero attached hydrogens (tertiary/aromatic N) is 2. The average molecular weight is 490 g/mol. The van der Waals surface area contributed by atoms with Crippen molar-refractivity contribution < 1.29 is 18.7 Å². The van der Waals surface area contributed by atoms with Gasteiger partial charge in [-0.1, -0.05) is 81.2 Å². The lowest BCUT2D eigenvalue weighted by atomic mass is 10.0. The Labute approximate surface area is 206 Å². The van der Waals surface area contributed by atoms with Crippen LogP contribution in [0.4, 0.5) is 9.52 Å². The van der Waals surface area contributed by atoms with E-state index < -0.39 is 11.7 Å². The number of carbonyl (C=O) groups is 1. The molecule has 0 atom stereocenters. The van der Waals surface area contributed by atoms with E-state index in [1.165, 1.54) is 19.3 Å². The van der Waals surface area contributed by atoms with E-state index in [1.54, 1.807) is 24.3 Å². The van der Waals surface area contributed by atoms with Gasteiger partial charge < -0.3 is 9.47 Å². The summed E-state index contributed by atoms with van der Waals surface area (Å²) in [7, 11) is 1.37. The lowest BCUT2D eigenvalue weighted by Crippen LogP contribution is -2.15. The van der Waals surface area contributed by atoms with Crippen LogP contribution in [0.5, 0.6) is 5.19 Å². The number of anilines is 1. The highest BCUT2D eigenvalue weighted by molar-refractivity contribution is 7.17. The molecular weight excluding hydrogens is 453 g/mol. The summed E-state index contributed by atoms with van der Waals surface area (Å²) in [5.74, 6) is -0.768. The second kappa shape index (κ2) is 15.8. The van der Waals surface area contributed by atoms with Crippen LogP contribution in [0.2, 0.25) is 0 Å². The third-order valence-electron chi connectivity index (χ3n) is 4.77. The molecule has 1 heterocycles. The van der Waals surface area contributed by atoms with Gasteiger partial charge in [-0.2, -0.15) is 0 Å². The minimum atomic E-state index is -0.667. The Kier molecular flexibility index (Phi) is 13.5. The second-order valence-electron chi connectivity index (χ2n) is 7.66. The molecule has 34 heavy (non-hydrogen) atoms. The fourth-order valence-electron chi connectivity index (χ4n) is 2.79. The van der Waals surface area contributed by atoms with Gasteiger partial charge >= 0.3 is 0 Å². The molecule has 0 aliphatic heterocycles. The van der Waals surface area contributed by atoms with Gasteiger partial charge in [0.2, 0.25) is 5.13 Å². The molecule has 1 aromatic rings. The van der Waals surface area contributed by atoms with Gasteiger partial charge in [0.05, 0.1) is 13.7 Å². The van der Waals surface area contributed by atoms with E-state index in [2.05, 4.69) is 35.9 Å². The van der Waals surface area contributed by atoms with Gasteiger partial charge in [0.25, 0.3) is 11.1 Å². The van der Waals surface area contributed by atoms with E-state index in [0.717, 1.165) is 29.8 Å². The summed E-state index contributed by atoms with van der Waals surface area (Å²) in [6, 6.07) is 0. The zero-order valence-corrected chi connectivity index (χ0v) is 21.8. The third-order valence-corrected chi connectivity index (χ3v) is 5.52. The number of allylic oxidation sites excluding steroid dienone is 8. The molecule has 0 bridgehead atoms. The molecule has 1 rings (SSSR count). The van der Waals surface area contributed by atoms with Crippen molar-refractivity contribution in [2.75, 3.05) is 19.0 Å². The zero-order valence-electron chi connectivity index (χ0n) is 21.0. The maximum absolute atomic E-state index is 15.5. The maximum Gasteiger partial charge on any atom is 0.295 e. The summed E-state index contributed by atoms with van der Waals surface area (Å²) in [6.45, 7) is 13.9. The Bertz CT molecular complexity index is 966. The predicted octanol–water partition coefficient (Wildman–Crippen LogP) is 7.09. The highest BCUT2D eigenvalue weighted by Gasteiger charge is 2.20. The molecule has 0 spiro atoms. The quantitative estimate of drug-likeness (QED) is 0.172. The SMILES string of the molecule is C=C\C=C/C(OC)=C(F)/C(C=C(C)C)=C(/C=C/CC)C(=O)Nc1nnc(OCC(CC)CC)s1. The molecule has 6 nitrogen and oxygen atoms in total. The van der Waals surface area contributed by atoms with Crippen LogP contribution >= 0.6 is 11.3 Å². The molecule has 0 aliphatic carbocycles. The Morgan fingerprint density at radius 3 is 2.44 bits per heavy atom. The van der Waals surface area contributed by atoms with Gasteiger partial charge in [0.1, 0.15) is 0 Å². The summed E-state index contributed by atoms with van der Waals surface area (Å²) < 4.78 is 26.5. The minimum absolute atomic E-state index is 0.0180. The first-order valence-electron chi connectivity index (χ1n) is 11.4. The van der Waals surface area contributed by atoms with Gasteiger partial charge in [-0.25, -0.2) is 4.39 Å². The van der Waals surface area contributed by atoms with Crippen molar-refractivity contribution >= 4 is 22.4 Å². The first kappa shape index (κ1) is 29.0. The molecule has 1 aromatic heterocycles. The van der Waals surface area contributed by atoms with E-state index >= 15 is 4.39 Å². The average Bonchev–Trinajstić information content (AvgIpc) is 3.26. The van der Waals surface area contributed by atoms with Crippen LogP contribution in [-0.4, -0.2) is 29.8 Å². The van der Waals surface area contributed by atoms with Crippen LogP contribution in [0.1, 0.15) is 53.9 Å². The molecular formula is C26H36FN3O3S. The van der Waals surface area contributed by atoms with Gasteiger partial charge in [-0.3, -0.25) is 10.1 Å². The molecule has 0 aliphatic rings. The van der Waals surface area contributed by atoms with Crippen molar-refractivity contribution in [2.24, 2.45) is 5.92 Å². The molecule has 0 saturated heterocycles. The number of hydrogen-bond acceptors (Lipinski definition) is 6. The fraction of sp³-hybridized carbons (Fsp3) is 0.423. The number of aromatic nitrogens is 2. The molecule has 1 N–H and O–H groups in total. The summed E-state index contributed by atoms with van der Waals surface area (Å²) >= 11 is 1.13. The highest BCUT2D eigenvalue weighted by Crippen LogP contribution is 2.28. The van der Waals surface area contributed by atoms with E-state index in [4.69, 9.17) is 9.47 Å². The first-order valence-corrected chi connectivity index (χ1v) is 12.2. The monoisotopic (exact) mass is 489 g/mol. The maximum atomic E-state index is 15.5. The normalized spacial score (nSPS) is 13.1. The van der Waals surface area contributed by atoms with Crippen molar-refractivity contribution in [3.05, 3.63) is 71.3 Å². The van der Waals surface area contributed by atoms with E-state index in [1.807, 2.05) is 20.8 Å². The second-order valence-corrected chi connectivity index (χ2v) is 8.60. The molecule has 0 fully saturated rings. The topological polar surface area (TPSA) is 73.3 Å². The number of hydrogen-bond donors (Lipinski definition) is 1. The van der Waals surface area contributed by atoms with Crippen LogP contribution in [0, 0.1) is 5.92 Å². The van der Waals surface area contributed by atoms with Crippen molar-refractivity contribution in [3.8, 4) is 5.19 Å². The zero-order chi connectivity index (χ0) is 25.5. The molecule has 1 amide bonds. The van der Waals surface area contributed by atoms with Crippen LogP contribution < -0.4 is 10.1 Å². The Morgan fingerprint density at radius 2 is 1.88 bits per heavy atom. The molecule has 186 valence electrons. The van der Waals surface area contributed by atoms with Crippen molar-refractivity contribution in [1.29, 1.82) is 0 Å². The smallest absolute Gasteiger partial charge is 0.295 e. The van der Waals surface area contributed by atoms with Gasteiger partial charge in [-0.05, 0) is 43.6 Å². The standard InChI is InChI=1S/C26H36FN3O3S/c1-8-12-14-20(21(16-18(5)6)23(27)22(32-7)15-13-9-2)24(31)28-25-29-30-26(34-25)33-17-19(10-3)11-4/h9,12-16,19H,2,8,10-11,17H2,1,3-7H3,(H,28,29,31)/b14-12+,15-13-,21-20-,23-22+. The van der Waals surface area contributed by atoms with Gasteiger partial charge in [0, 0.05) is 11.1 Å². The lowest BCUT2D eigenvalue weighted by molar-refractivity contribution is -0.112. The third kappa shape index (κ3) is 9.47. The molecule has 0 aromatic carbocycles. The summed E-state index contributed by atoms with van der Waals surface area (Å²) in [4.78, 5) is 13.2. The summed E-state index contributed by atoms with van der Waals surface area (Å²) in [6.07, 6.45) is 12.2. The minimum Gasteiger partial charge on any atom is -0.494 e. The number of nitrogens with one attached hydrogen (secondary N) is 1. The Hall–Kier alpha value is -3.00.